The lowest BCUT2D eigenvalue weighted by Gasteiger charge is -2.34. The summed E-state index contributed by atoms with van der Waals surface area (Å²) in [5, 5.41) is 5.41. The molecule has 2 aromatic rings. The highest BCUT2D eigenvalue weighted by Crippen LogP contribution is 2.30. The molecule has 2 aromatic carbocycles. The lowest BCUT2D eigenvalue weighted by Crippen LogP contribution is -2.59. The van der Waals surface area contributed by atoms with Crippen molar-refractivity contribution in [3.05, 3.63) is 59.7 Å². The van der Waals surface area contributed by atoms with E-state index in [9.17, 15) is 39.6 Å². The number of carbonyl (C=O) groups excluding carboxylic acids is 1. The Morgan fingerprint density at radius 3 is 2.21 bits per heavy atom. The van der Waals surface area contributed by atoms with Crippen molar-refractivity contribution in [1.82, 2.24) is 14.9 Å². The van der Waals surface area contributed by atoms with Gasteiger partial charge in [0.1, 0.15) is 11.8 Å². The maximum absolute atomic E-state index is 13.0. The molecule has 1 saturated heterocycles. The van der Waals surface area contributed by atoms with Crippen molar-refractivity contribution in [2.75, 3.05) is 19.6 Å². The first-order valence-electron chi connectivity index (χ1n) is 9.79. The highest BCUT2D eigenvalue weighted by atomic mass is 32.2. The molecule has 0 radical (unpaired) electrons. The Kier molecular flexibility index (Phi) is 7.43. The van der Waals surface area contributed by atoms with Crippen LogP contribution in [0, 0.1) is 0 Å². The number of halogens is 6. The molecule has 1 heterocycles. The van der Waals surface area contributed by atoms with E-state index in [-0.39, 0.29) is 31.1 Å². The average molecular weight is 511 g/mol. The minimum atomic E-state index is -4.84. The van der Waals surface area contributed by atoms with Crippen molar-refractivity contribution < 1.29 is 44.3 Å². The molecule has 0 saturated carbocycles. The Morgan fingerprint density at radius 1 is 1.03 bits per heavy atom. The second kappa shape index (κ2) is 9.80. The molecule has 1 aliphatic rings. The SMILES string of the molecule is O=C(NCc1ccc(OC(F)(F)F)cc1)[C@H]1CNCCN1S(=O)(=O)c1ccc(C(F)(F)F)cc1. The van der Waals surface area contributed by atoms with E-state index in [4.69, 9.17) is 0 Å². The third-order valence-electron chi connectivity index (χ3n) is 4.91. The number of ether oxygens (including phenoxy) is 1. The number of nitrogens with zero attached hydrogens (tertiary/aromatic N) is 1. The van der Waals surface area contributed by atoms with E-state index in [0.717, 1.165) is 28.6 Å². The zero-order valence-electron chi connectivity index (χ0n) is 17.3. The Hall–Kier alpha value is -2.84. The van der Waals surface area contributed by atoms with Crippen molar-refractivity contribution in [3.8, 4) is 5.75 Å². The fourth-order valence-electron chi connectivity index (χ4n) is 3.26. The number of nitrogens with one attached hydrogen (secondary N) is 2. The Bertz CT molecular complexity index is 1100. The van der Waals surface area contributed by atoms with E-state index in [0.29, 0.717) is 17.7 Å². The summed E-state index contributed by atoms with van der Waals surface area (Å²) >= 11 is 0. The van der Waals surface area contributed by atoms with Gasteiger partial charge in [-0.05, 0) is 42.0 Å². The van der Waals surface area contributed by atoms with Gasteiger partial charge in [0.2, 0.25) is 15.9 Å². The standard InChI is InChI=1S/C20H19F6N3O4S/c21-19(22,23)14-3-7-16(8-4-14)34(31,32)29-10-9-27-12-17(29)18(30)28-11-13-1-5-15(6-2-13)33-20(24,25)26/h1-8,17,27H,9-12H2,(H,28,30)/t17-/m1/s1. The lowest BCUT2D eigenvalue weighted by molar-refractivity contribution is -0.274. The number of sulfonamides is 1. The molecule has 1 fully saturated rings. The van der Waals surface area contributed by atoms with Crippen molar-refractivity contribution in [1.29, 1.82) is 0 Å². The van der Waals surface area contributed by atoms with Gasteiger partial charge in [0, 0.05) is 26.2 Å². The fourth-order valence-corrected chi connectivity index (χ4v) is 4.85. The van der Waals surface area contributed by atoms with Crippen molar-refractivity contribution in [2.24, 2.45) is 0 Å². The van der Waals surface area contributed by atoms with Crippen LogP contribution in [0.1, 0.15) is 11.1 Å². The Labute approximate surface area is 190 Å². The van der Waals surface area contributed by atoms with Crippen LogP contribution >= 0.6 is 0 Å². The predicted molar refractivity (Wildman–Crippen MR) is 107 cm³/mol. The third-order valence-corrected chi connectivity index (χ3v) is 6.83. The molecule has 0 aliphatic carbocycles. The van der Waals surface area contributed by atoms with Gasteiger partial charge in [-0.1, -0.05) is 12.1 Å². The average Bonchev–Trinajstić information content (AvgIpc) is 2.77. The van der Waals surface area contributed by atoms with Gasteiger partial charge >= 0.3 is 12.5 Å². The molecule has 1 amide bonds. The number of carbonyl (C=O) groups is 1. The number of benzene rings is 2. The first-order valence-corrected chi connectivity index (χ1v) is 11.2. The summed E-state index contributed by atoms with van der Waals surface area (Å²) in [6, 6.07) is 6.52. The topological polar surface area (TPSA) is 87.7 Å². The molecular formula is C20H19F6N3O4S. The molecule has 1 atom stereocenters. The fraction of sp³-hybridized carbons (Fsp3) is 0.350. The largest absolute Gasteiger partial charge is 0.573 e. The van der Waals surface area contributed by atoms with Gasteiger partial charge in [0.25, 0.3) is 0 Å². The summed E-state index contributed by atoms with van der Waals surface area (Å²) < 4.78 is 106. The van der Waals surface area contributed by atoms with Crippen LogP contribution in [0.3, 0.4) is 0 Å². The van der Waals surface area contributed by atoms with Crippen LogP contribution in [0.5, 0.6) is 5.75 Å². The van der Waals surface area contributed by atoms with Crippen LogP contribution in [-0.2, 0) is 27.5 Å². The van der Waals surface area contributed by atoms with Crippen molar-refractivity contribution in [3.63, 3.8) is 0 Å². The van der Waals surface area contributed by atoms with E-state index in [1.807, 2.05) is 0 Å². The summed E-state index contributed by atoms with van der Waals surface area (Å²) in [6.45, 7) is -0.00487. The van der Waals surface area contributed by atoms with Crippen LogP contribution in [-0.4, -0.2) is 50.7 Å². The molecule has 0 bridgehead atoms. The van der Waals surface area contributed by atoms with Crippen LogP contribution in [0.2, 0.25) is 0 Å². The molecule has 0 unspecified atom stereocenters. The molecule has 0 aromatic heterocycles. The van der Waals surface area contributed by atoms with Crippen LogP contribution in [0.25, 0.3) is 0 Å². The third kappa shape index (κ3) is 6.39. The number of hydrogen-bond acceptors (Lipinski definition) is 5. The van der Waals surface area contributed by atoms with Gasteiger partial charge in [-0.15, -0.1) is 13.2 Å². The number of alkyl halides is 6. The van der Waals surface area contributed by atoms with Crippen molar-refractivity contribution in [2.45, 2.75) is 30.0 Å². The summed E-state index contributed by atoms with van der Waals surface area (Å²) in [4.78, 5) is 12.3. The molecule has 14 heteroatoms. The highest BCUT2D eigenvalue weighted by molar-refractivity contribution is 7.89. The number of piperazine rings is 1. The molecule has 7 nitrogen and oxygen atoms in total. The van der Waals surface area contributed by atoms with Crippen molar-refractivity contribution >= 4 is 15.9 Å². The van der Waals surface area contributed by atoms with Gasteiger partial charge in [0.15, 0.2) is 0 Å². The maximum Gasteiger partial charge on any atom is 0.573 e. The summed E-state index contributed by atoms with van der Waals surface area (Å²) in [5.41, 5.74) is -0.573. The summed E-state index contributed by atoms with van der Waals surface area (Å²) in [6.07, 6.45) is -9.47. The van der Waals surface area contributed by atoms with Crippen LogP contribution < -0.4 is 15.4 Å². The zero-order chi connectivity index (χ0) is 25.1. The van der Waals surface area contributed by atoms with Gasteiger partial charge in [0.05, 0.1) is 10.5 Å². The van der Waals surface area contributed by atoms with Crippen LogP contribution in [0.4, 0.5) is 26.3 Å². The van der Waals surface area contributed by atoms with E-state index in [1.165, 1.54) is 12.1 Å². The number of hydrogen-bond donors (Lipinski definition) is 2. The normalized spacial score (nSPS) is 17.9. The quantitative estimate of drug-likeness (QED) is 0.583. The van der Waals surface area contributed by atoms with E-state index >= 15 is 0 Å². The summed E-state index contributed by atoms with van der Waals surface area (Å²) in [5.74, 6) is -1.12. The lowest BCUT2D eigenvalue weighted by atomic mass is 10.2. The van der Waals surface area contributed by atoms with E-state index in [2.05, 4.69) is 15.4 Å². The Balaban J connectivity index is 1.69. The minimum Gasteiger partial charge on any atom is -0.406 e. The maximum atomic E-state index is 13.0. The molecule has 1 aliphatic heterocycles. The first kappa shape index (κ1) is 25.8. The second-order valence-corrected chi connectivity index (χ2v) is 9.16. The van der Waals surface area contributed by atoms with E-state index in [1.54, 1.807) is 0 Å². The van der Waals surface area contributed by atoms with Gasteiger partial charge in [-0.2, -0.15) is 17.5 Å². The van der Waals surface area contributed by atoms with Gasteiger partial charge in [-0.3, -0.25) is 4.79 Å². The molecule has 34 heavy (non-hydrogen) atoms. The Morgan fingerprint density at radius 2 is 1.65 bits per heavy atom. The molecule has 3 rings (SSSR count). The minimum absolute atomic E-state index is 0.0376. The molecule has 0 spiro atoms. The smallest absolute Gasteiger partial charge is 0.406 e. The predicted octanol–water partition coefficient (Wildman–Crippen LogP) is 2.88. The second-order valence-electron chi connectivity index (χ2n) is 7.27. The van der Waals surface area contributed by atoms with Crippen LogP contribution in [0.15, 0.2) is 53.4 Å². The molecular weight excluding hydrogens is 492 g/mol. The number of amides is 1. The van der Waals surface area contributed by atoms with Gasteiger partial charge < -0.3 is 15.4 Å². The van der Waals surface area contributed by atoms with E-state index < -0.39 is 45.8 Å². The molecule has 186 valence electrons. The molecule has 2 N–H and O–H groups in total. The first-order chi connectivity index (χ1) is 15.8. The zero-order valence-corrected chi connectivity index (χ0v) is 18.1. The summed E-state index contributed by atoms with van der Waals surface area (Å²) in [7, 11) is -4.28. The number of rotatable bonds is 6. The monoisotopic (exact) mass is 511 g/mol. The van der Waals surface area contributed by atoms with Gasteiger partial charge in [-0.25, -0.2) is 8.42 Å². The highest BCUT2D eigenvalue weighted by Gasteiger charge is 2.38.